The molecule has 2 rings (SSSR count). The molecule has 1 aliphatic heterocycles. The van der Waals surface area contributed by atoms with Crippen LogP contribution in [-0.4, -0.2) is 44.7 Å². The summed E-state index contributed by atoms with van der Waals surface area (Å²) in [4.78, 5) is 2.53. The van der Waals surface area contributed by atoms with Gasteiger partial charge in [-0.1, -0.05) is 6.07 Å². The third-order valence-electron chi connectivity index (χ3n) is 3.93. The second kappa shape index (κ2) is 6.21. The molecule has 1 aliphatic rings. The molecule has 1 aromatic carbocycles. The van der Waals surface area contributed by atoms with Crippen molar-refractivity contribution in [2.45, 2.75) is 20.3 Å². The fourth-order valence-corrected chi connectivity index (χ4v) is 2.56. The van der Waals surface area contributed by atoms with E-state index in [1.807, 2.05) is 0 Å². The summed E-state index contributed by atoms with van der Waals surface area (Å²) in [6, 6.07) is 4.23. The van der Waals surface area contributed by atoms with Gasteiger partial charge in [0.2, 0.25) is 0 Å². The normalized spacial score (nSPS) is 16.8. The standard InChI is InChI=1S/C15H24N2O/c1-12-4-5-15(18-3)14(13(12)2)6-9-17-10-7-16-8-11-17/h4-5,16H,6-11H2,1-3H3. The fourth-order valence-electron chi connectivity index (χ4n) is 2.56. The van der Waals surface area contributed by atoms with E-state index in [0.29, 0.717) is 0 Å². The van der Waals surface area contributed by atoms with Gasteiger partial charge in [-0.05, 0) is 43.0 Å². The molecule has 3 nitrogen and oxygen atoms in total. The average Bonchev–Trinajstić information content (AvgIpc) is 2.41. The summed E-state index contributed by atoms with van der Waals surface area (Å²) >= 11 is 0. The zero-order chi connectivity index (χ0) is 13.0. The first-order chi connectivity index (χ1) is 8.72. The summed E-state index contributed by atoms with van der Waals surface area (Å²) in [6.07, 6.45) is 1.08. The summed E-state index contributed by atoms with van der Waals surface area (Å²) in [6.45, 7) is 10.0. The highest BCUT2D eigenvalue weighted by Gasteiger charge is 2.13. The average molecular weight is 248 g/mol. The van der Waals surface area contributed by atoms with Crippen LogP contribution >= 0.6 is 0 Å². The van der Waals surface area contributed by atoms with Gasteiger partial charge in [0.15, 0.2) is 0 Å². The number of nitrogens with one attached hydrogen (secondary N) is 1. The first-order valence-corrected chi connectivity index (χ1v) is 6.78. The van der Waals surface area contributed by atoms with Crippen molar-refractivity contribution >= 4 is 0 Å². The lowest BCUT2D eigenvalue weighted by Crippen LogP contribution is -2.44. The maximum Gasteiger partial charge on any atom is 0.122 e. The number of benzene rings is 1. The zero-order valence-electron chi connectivity index (χ0n) is 11.8. The van der Waals surface area contributed by atoms with Crippen LogP contribution in [0.1, 0.15) is 16.7 Å². The van der Waals surface area contributed by atoms with Crippen molar-refractivity contribution in [3.63, 3.8) is 0 Å². The monoisotopic (exact) mass is 248 g/mol. The van der Waals surface area contributed by atoms with Crippen molar-refractivity contribution in [3.05, 3.63) is 28.8 Å². The molecule has 0 aliphatic carbocycles. The van der Waals surface area contributed by atoms with E-state index in [-0.39, 0.29) is 0 Å². The van der Waals surface area contributed by atoms with Gasteiger partial charge in [-0.25, -0.2) is 0 Å². The van der Waals surface area contributed by atoms with Crippen LogP contribution in [0.2, 0.25) is 0 Å². The number of ether oxygens (including phenoxy) is 1. The molecule has 0 aromatic heterocycles. The minimum absolute atomic E-state index is 1.04. The van der Waals surface area contributed by atoms with E-state index in [0.717, 1.165) is 44.9 Å². The number of hydrogen-bond acceptors (Lipinski definition) is 3. The van der Waals surface area contributed by atoms with E-state index >= 15 is 0 Å². The molecular formula is C15H24N2O. The Bertz CT molecular complexity index is 398. The van der Waals surface area contributed by atoms with Crippen LogP contribution in [0.25, 0.3) is 0 Å². The summed E-state index contributed by atoms with van der Waals surface area (Å²) in [5.74, 6) is 1.04. The topological polar surface area (TPSA) is 24.5 Å². The van der Waals surface area contributed by atoms with E-state index in [2.05, 4.69) is 36.2 Å². The van der Waals surface area contributed by atoms with Gasteiger partial charge >= 0.3 is 0 Å². The van der Waals surface area contributed by atoms with Crippen molar-refractivity contribution in [3.8, 4) is 5.75 Å². The number of aryl methyl sites for hydroxylation is 1. The van der Waals surface area contributed by atoms with Gasteiger partial charge in [0, 0.05) is 32.7 Å². The van der Waals surface area contributed by atoms with Gasteiger partial charge in [-0.2, -0.15) is 0 Å². The molecule has 18 heavy (non-hydrogen) atoms. The number of rotatable bonds is 4. The maximum absolute atomic E-state index is 5.49. The molecule has 0 amide bonds. The van der Waals surface area contributed by atoms with E-state index in [9.17, 15) is 0 Å². The molecule has 0 atom stereocenters. The van der Waals surface area contributed by atoms with Crippen LogP contribution in [0.5, 0.6) is 5.75 Å². The molecular weight excluding hydrogens is 224 g/mol. The lowest BCUT2D eigenvalue weighted by molar-refractivity contribution is 0.243. The second-order valence-corrected chi connectivity index (χ2v) is 5.03. The molecule has 0 spiro atoms. The molecule has 0 bridgehead atoms. The third-order valence-corrected chi connectivity index (χ3v) is 3.93. The van der Waals surface area contributed by atoms with Gasteiger partial charge < -0.3 is 15.0 Å². The van der Waals surface area contributed by atoms with E-state index in [4.69, 9.17) is 4.74 Å². The van der Waals surface area contributed by atoms with Crippen LogP contribution in [0, 0.1) is 13.8 Å². The van der Waals surface area contributed by atoms with E-state index in [1.165, 1.54) is 16.7 Å². The van der Waals surface area contributed by atoms with Crippen LogP contribution in [-0.2, 0) is 6.42 Å². The van der Waals surface area contributed by atoms with Crippen molar-refractivity contribution in [2.24, 2.45) is 0 Å². The first kappa shape index (κ1) is 13.4. The van der Waals surface area contributed by atoms with Crippen molar-refractivity contribution in [1.29, 1.82) is 0 Å². The smallest absolute Gasteiger partial charge is 0.122 e. The molecule has 1 heterocycles. The highest BCUT2D eigenvalue weighted by molar-refractivity contribution is 5.44. The highest BCUT2D eigenvalue weighted by Crippen LogP contribution is 2.25. The molecule has 0 radical (unpaired) electrons. The molecule has 1 N–H and O–H groups in total. The number of piperazine rings is 1. The number of hydrogen-bond donors (Lipinski definition) is 1. The quantitative estimate of drug-likeness (QED) is 0.879. The SMILES string of the molecule is COc1ccc(C)c(C)c1CCN1CCNCC1. The van der Waals surface area contributed by atoms with Crippen LogP contribution < -0.4 is 10.1 Å². The van der Waals surface area contributed by atoms with Crippen LogP contribution in [0.3, 0.4) is 0 Å². The Balaban J connectivity index is 2.05. The predicted molar refractivity (Wildman–Crippen MR) is 75.5 cm³/mol. The Morgan fingerprint density at radius 2 is 1.94 bits per heavy atom. The summed E-state index contributed by atoms with van der Waals surface area (Å²) < 4.78 is 5.49. The predicted octanol–water partition coefficient (Wildman–Crippen LogP) is 1.76. The fraction of sp³-hybridized carbons (Fsp3) is 0.600. The van der Waals surface area contributed by atoms with E-state index < -0.39 is 0 Å². The van der Waals surface area contributed by atoms with Crippen molar-refractivity contribution < 1.29 is 4.74 Å². The lowest BCUT2D eigenvalue weighted by Gasteiger charge is -2.27. The van der Waals surface area contributed by atoms with E-state index in [1.54, 1.807) is 7.11 Å². The molecule has 0 unspecified atom stereocenters. The van der Waals surface area contributed by atoms with Gasteiger partial charge in [0.05, 0.1) is 7.11 Å². The molecule has 1 aromatic rings. The van der Waals surface area contributed by atoms with Gasteiger partial charge in [-0.15, -0.1) is 0 Å². The number of methoxy groups -OCH3 is 1. The summed E-state index contributed by atoms with van der Waals surface area (Å²) in [7, 11) is 1.76. The molecule has 3 heteroatoms. The maximum atomic E-state index is 5.49. The second-order valence-electron chi connectivity index (χ2n) is 5.03. The molecule has 1 fully saturated rings. The van der Waals surface area contributed by atoms with Crippen LogP contribution in [0.4, 0.5) is 0 Å². The first-order valence-electron chi connectivity index (χ1n) is 6.78. The minimum Gasteiger partial charge on any atom is -0.496 e. The van der Waals surface area contributed by atoms with Crippen LogP contribution in [0.15, 0.2) is 12.1 Å². The Hall–Kier alpha value is -1.06. The molecule has 100 valence electrons. The lowest BCUT2D eigenvalue weighted by atomic mass is 9.99. The third kappa shape index (κ3) is 3.03. The largest absolute Gasteiger partial charge is 0.496 e. The van der Waals surface area contributed by atoms with Gasteiger partial charge in [-0.3, -0.25) is 0 Å². The molecule has 1 saturated heterocycles. The summed E-state index contributed by atoms with van der Waals surface area (Å²) in [5, 5.41) is 3.39. The summed E-state index contributed by atoms with van der Waals surface area (Å²) in [5.41, 5.74) is 4.10. The van der Waals surface area contributed by atoms with Gasteiger partial charge in [0.1, 0.15) is 5.75 Å². The number of nitrogens with zero attached hydrogens (tertiary/aromatic N) is 1. The van der Waals surface area contributed by atoms with Crippen molar-refractivity contribution in [1.82, 2.24) is 10.2 Å². The van der Waals surface area contributed by atoms with Gasteiger partial charge in [0.25, 0.3) is 0 Å². The molecule has 0 saturated carbocycles. The Morgan fingerprint density at radius 1 is 1.22 bits per heavy atom. The highest BCUT2D eigenvalue weighted by atomic mass is 16.5. The van der Waals surface area contributed by atoms with Crippen molar-refractivity contribution in [2.75, 3.05) is 39.8 Å². The Kier molecular flexibility index (Phi) is 4.61. The minimum atomic E-state index is 1.04. The Morgan fingerprint density at radius 3 is 2.61 bits per heavy atom. The zero-order valence-corrected chi connectivity index (χ0v) is 11.8. The Labute approximate surface area is 110 Å².